The van der Waals surface area contributed by atoms with Gasteiger partial charge >= 0.3 is 0 Å². The van der Waals surface area contributed by atoms with Gasteiger partial charge in [-0.3, -0.25) is 0 Å². The van der Waals surface area contributed by atoms with Crippen molar-refractivity contribution in [1.82, 2.24) is 10.3 Å². The lowest BCUT2D eigenvalue weighted by Crippen LogP contribution is -2.27. The number of aliphatic hydroxyl groups is 1. The number of pyridine rings is 1. The quantitative estimate of drug-likeness (QED) is 0.773. The molecule has 4 heteroatoms. The molecule has 1 unspecified atom stereocenters. The van der Waals surface area contributed by atoms with E-state index in [9.17, 15) is 5.11 Å². The van der Waals surface area contributed by atoms with Crippen molar-refractivity contribution in [2.24, 2.45) is 5.92 Å². The molecule has 0 bridgehead atoms. The predicted octanol–water partition coefficient (Wildman–Crippen LogP) is 1.64. The summed E-state index contributed by atoms with van der Waals surface area (Å²) in [5.41, 5.74) is 1.19. The first kappa shape index (κ1) is 14.9. The molecule has 1 aromatic rings. The number of nitrogens with one attached hydrogen (secondary N) is 1. The van der Waals surface area contributed by atoms with Crippen LogP contribution in [-0.4, -0.2) is 36.3 Å². The zero-order valence-electron chi connectivity index (χ0n) is 11.8. The van der Waals surface area contributed by atoms with Crippen molar-refractivity contribution >= 4 is 5.82 Å². The number of anilines is 1. The van der Waals surface area contributed by atoms with Crippen LogP contribution >= 0.6 is 0 Å². The second-order valence-corrected chi connectivity index (χ2v) is 5.28. The summed E-state index contributed by atoms with van der Waals surface area (Å²) in [7, 11) is 1.94. The lowest BCUT2D eigenvalue weighted by atomic mass is 10.2. The van der Waals surface area contributed by atoms with Crippen LogP contribution in [0.15, 0.2) is 18.3 Å². The number of aliphatic hydroxyl groups excluding tert-OH is 1. The van der Waals surface area contributed by atoms with Gasteiger partial charge in [-0.2, -0.15) is 0 Å². The highest BCUT2D eigenvalue weighted by Crippen LogP contribution is 2.10. The molecule has 1 heterocycles. The van der Waals surface area contributed by atoms with Crippen molar-refractivity contribution in [3.05, 3.63) is 23.9 Å². The van der Waals surface area contributed by atoms with Gasteiger partial charge in [0.2, 0.25) is 0 Å². The number of nitrogens with zero attached hydrogens (tertiary/aromatic N) is 2. The van der Waals surface area contributed by atoms with E-state index in [-0.39, 0.29) is 6.10 Å². The topological polar surface area (TPSA) is 48.4 Å². The Hall–Kier alpha value is -1.13. The summed E-state index contributed by atoms with van der Waals surface area (Å²) in [6, 6.07) is 4.07. The van der Waals surface area contributed by atoms with E-state index in [0.29, 0.717) is 12.5 Å². The molecule has 18 heavy (non-hydrogen) atoms. The van der Waals surface area contributed by atoms with Crippen molar-refractivity contribution in [1.29, 1.82) is 0 Å². The van der Waals surface area contributed by atoms with Gasteiger partial charge in [0.05, 0.1) is 6.10 Å². The third-order valence-corrected chi connectivity index (χ3v) is 2.62. The van der Waals surface area contributed by atoms with E-state index in [0.717, 1.165) is 18.9 Å². The summed E-state index contributed by atoms with van der Waals surface area (Å²) in [4.78, 5) is 6.36. The molecule has 0 amide bonds. The highest BCUT2D eigenvalue weighted by Gasteiger charge is 2.05. The van der Waals surface area contributed by atoms with E-state index in [4.69, 9.17) is 0 Å². The van der Waals surface area contributed by atoms with E-state index >= 15 is 0 Å². The van der Waals surface area contributed by atoms with E-state index < -0.39 is 0 Å². The fraction of sp³-hybridized carbons (Fsp3) is 0.643. The third-order valence-electron chi connectivity index (χ3n) is 2.62. The Morgan fingerprint density at radius 2 is 2.06 bits per heavy atom. The second kappa shape index (κ2) is 7.34. The van der Waals surface area contributed by atoms with Crippen molar-refractivity contribution in [3.63, 3.8) is 0 Å². The van der Waals surface area contributed by atoms with Gasteiger partial charge in [0.1, 0.15) is 5.82 Å². The number of rotatable bonds is 7. The Bertz CT molecular complexity index is 335. The maximum Gasteiger partial charge on any atom is 0.128 e. The maximum absolute atomic E-state index is 9.33. The SMILES string of the molecule is CC(C)CNCc1ccc(N(C)CC(C)O)nc1. The molecule has 0 aliphatic heterocycles. The van der Waals surface area contributed by atoms with Crippen LogP contribution in [-0.2, 0) is 6.54 Å². The molecule has 102 valence electrons. The monoisotopic (exact) mass is 251 g/mol. The average molecular weight is 251 g/mol. The molecule has 0 aromatic carbocycles. The van der Waals surface area contributed by atoms with Gasteiger partial charge in [-0.1, -0.05) is 19.9 Å². The Kier molecular flexibility index (Phi) is 6.09. The van der Waals surface area contributed by atoms with Crippen LogP contribution in [0.1, 0.15) is 26.3 Å². The number of aromatic nitrogens is 1. The molecule has 0 spiro atoms. The molecule has 1 aromatic heterocycles. The molecule has 0 fully saturated rings. The van der Waals surface area contributed by atoms with E-state index in [1.54, 1.807) is 6.92 Å². The van der Waals surface area contributed by atoms with Gasteiger partial charge in [0.15, 0.2) is 0 Å². The molecule has 0 aliphatic carbocycles. The van der Waals surface area contributed by atoms with E-state index in [1.165, 1.54) is 5.56 Å². The predicted molar refractivity (Wildman–Crippen MR) is 75.7 cm³/mol. The van der Waals surface area contributed by atoms with Crippen LogP contribution in [0.2, 0.25) is 0 Å². The van der Waals surface area contributed by atoms with Gasteiger partial charge in [0.25, 0.3) is 0 Å². The number of likely N-dealkylation sites (N-methyl/N-ethyl adjacent to an activating group) is 1. The van der Waals surface area contributed by atoms with Crippen LogP contribution in [0.3, 0.4) is 0 Å². The molecule has 4 nitrogen and oxygen atoms in total. The van der Waals surface area contributed by atoms with Gasteiger partial charge in [-0.05, 0) is 31.0 Å². The Morgan fingerprint density at radius 3 is 2.56 bits per heavy atom. The first-order valence-electron chi connectivity index (χ1n) is 6.54. The Balaban J connectivity index is 2.46. The maximum atomic E-state index is 9.33. The first-order valence-corrected chi connectivity index (χ1v) is 6.54. The van der Waals surface area contributed by atoms with Gasteiger partial charge in [-0.25, -0.2) is 4.98 Å². The van der Waals surface area contributed by atoms with E-state index in [1.807, 2.05) is 24.2 Å². The summed E-state index contributed by atoms with van der Waals surface area (Å²) in [6.45, 7) is 8.63. The first-order chi connectivity index (χ1) is 8.49. The van der Waals surface area contributed by atoms with E-state index in [2.05, 4.69) is 30.2 Å². The molecular formula is C14H25N3O. The Labute approximate surface area is 110 Å². The van der Waals surface area contributed by atoms with Crippen LogP contribution < -0.4 is 10.2 Å². The highest BCUT2D eigenvalue weighted by atomic mass is 16.3. The van der Waals surface area contributed by atoms with Gasteiger partial charge in [-0.15, -0.1) is 0 Å². The van der Waals surface area contributed by atoms with Gasteiger partial charge in [0, 0.05) is 26.3 Å². The summed E-state index contributed by atoms with van der Waals surface area (Å²) >= 11 is 0. The molecule has 1 rings (SSSR count). The minimum absolute atomic E-state index is 0.343. The molecule has 2 N–H and O–H groups in total. The smallest absolute Gasteiger partial charge is 0.128 e. The molecule has 0 saturated heterocycles. The largest absolute Gasteiger partial charge is 0.392 e. The van der Waals surface area contributed by atoms with Crippen molar-refractivity contribution in [2.45, 2.75) is 33.4 Å². The summed E-state index contributed by atoms with van der Waals surface area (Å²) in [5.74, 6) is 1.55. The lowest BCUT2D eigenvalue weighted by molar-refractivity contribution is 0.201. The standard InChI is InChI=1S/C14H25N3O/c1-11(2)7-15-8-13-5-6-14(16-9-13)17(4)10-12(3)18/h5-6,9,11-12,15,18H,7-8,10H2,1-4H3. The molecule has 1 atom stereocenters. The zero-order chi connectivity index (χ0) is 13.5. The molecule has 0 saturated carbocycles. The van der Waals surface area contributed by atoms with Gasteiger partial charge < -0.3 is 15.3 Å². The average Bonchev–Trinajstić information content (AvgIpc) is 2.28. The number of hydrogen-bond donors (Lipinski definition) is 2. The fourth-order valence-corrected chi connectivity index (χ4v) is 1.74. The van der Waals surface area contributed by atoms with Crippen molar-refractivity contribution in [2.75, 3.05) is 25.0 Å². The number of hydrogen-bond acceptors (Lipinski definition) is 4. The minimum atomic E-state index is -0.343. The third kappa shape index (κ3) is 5.47. The van der Waals surface area contributed by atoms with Crippen LogP contribution in [0.25, 0.3) is 0 Å². The summed E-state index contributed by atoms with van der Waals surface area (Å²) in [5, 5.41) is 12.7. The van der Waals surface area contributed by atoms with Crippen LogP contribution in [0.5, 0.6) is 0 Å². The lowest BCUT2D eigenvalue weighted by Gasteiger charge is -2.19. The van der Waals surface area contributed by atoms with Crippen LogP contribution in [0.4, 0.5) is 5.82 Å². The van der Waals surface area contributed by atoms with Crippen molar-refractivity contribution in [3.8, 4) is 0 Å². The zero-order valence-corrected chi connectivity index (χ0v) is 11.8. The normalized spacial score (nSPS) is 12.8. The fourth-order valence-electron chi connectivity index (χ4n) is 1.74. The van der Waals surface area contributed by atoms with Crippen LogP contribution in [0, 0.1) is 5.92 Å². The molecular weight excluding hydrogens is 226 g/mol. The highest BCUT2D eigenvalue weighted by molar-refractivity contribution is 5.38. The molecule has 0 radical (unpaired) electrons. The minimum Gasteiger partial charge on any atom is -0.392 e. The Morgan fingerprint density at radius 1 is 1.33 bits per heavy atom. The molecule has 0 aliphatic rings. The second-order valence-electron chi connectivity index (χ2n) is 5.28. The van der Waals surface area contributed by atoms with Crippen molar-refractivity contribution < 1.29 is 5.11 Å². The summed E-state index contributed by atoms with van der Waals surface area (Å²) in [6.07, 6.45) is 1.55. The summed E-state index contributed by atoms with van der Waals surface area (Å²) < 4.78 is 0.